The predicted octanol–water partition coefficient (Wildman–Crippen LogP) is 1.55. The molecular formula is C10H9N3OS. The highest BCUT2D eigenvalue weighted by Gasteiger charge is 2.12. The molecule has 0 spiro atoms. The first-order valence-electron chi connectivity index (χ1n) is 4.39. The molecule has 0 aliphatic heterocycles. The smallest absolute Gasteiger partial charge is 0.190 e. The minimum Gasteiger partial charge on any atom is -0.397 e. The lowest BCUT2D eigenvalue weighted by Gasteiger charge is -2.00. The maximum atomic E-state index is 11.8. The third-order valence-electron chi connectivity index (χ3n) is 1.90. The molecule has 0 aliphatic carbocycles. The van der Waals surface area contributed by atoms with Gasteiger partial charge in [0.25, 0.3) is 0 Å². The number of nitrogen functional groups attached to an aromatic ring is 1. The molecule has 0 unspecified atom stereocenters. The van der Waals surface area contributed by atoms with Crippen molar-refractivity contribution in [3.63, 3.8) is 0 Å². The first-order chi connectivity index (χ1) is 7.27. The van der Waals surface area contributed by atoms with E-state index in [1.165, 1.54) is 11.3 Å². The number of hydrogen-bond donors (Lipinski definition) is 1. The van der Waals surface area contributed by atoms with Gasteiger partial charge in [-0.3, -0.25) is 9.78 Å². The number of hydrogen-bond acceptors (Lipinski definition) is 5. The highest BCUT2D eigenvalue weighted by atomic mass is 32.1. The van der Waals surface area contributed by atoms with Crippen LogP contribution in [-0.4, -0.2) is 15.8 Å². The van der Waals surface area contributed by atoms with Gasteiger partial charge in [-0.25, -0.2) is 4.98 Å². The minimum absolute atomic E-state index is 0.0944. The number of nitrogens with zero attached hydrogens (tertiary/aromatic N) is 2. The summed E-state index contributed by atoms with van der Waals surface area (Å²) in [5.41, 5.74) is 6.39. The van der Waals surface area contributed by atoms with Crippen LogP contribution in [0.4, 0.5) is 5.69 Å². The molecule has 0 atom stereocenters. The van der Waals surface area contributed by atoms with E-state index in [1.807, 2.05) is 5.38 Å². The van der Waals surface area contributed by atoms with Crippen LogP contribution in [0.15, 0.2) is 29.9 Å². The van der Waals surface area contributed by atoms with Gasteiger partial charge in [-0.05, 0) is 12.1 Å². The van der Waals surface area contributed by atoms with Crippen LogP contribution in [-0.2, 0) is 6.42 Å². The van der Waals surface area contributed by atoms with Gasteiger partial charge < -0.3 is 5.73 Å². The number of thiazole rings is 1. The molecule has 2 heterocycles. The Morgan fingerprint density at radius 1 is 1.40 bits per heavy atom. The van der Waals surface area contributed by atoms with Gasteiger partial charge >= 0.3 is 0 Å². The average molecular weight is 219 g/mol. The molecule has 0 radical (unpaired) electrons. The lowest BCUT2D eigenvalue weighted by molar-refractivity contribution is 0.0989. The molecule has 2 aromatic heterocycles. The summed E-state index contributed by atoms with van der Waals surface area (Å²) in [5.74, 6) is -0.0944. The molecule has 0 saturated heterocycles. The van der Waals surface area contributed by atoms with E-state index in [-0.39, 0.29) is 12.2 Å². The second kappa shape index (κ2) is 4.18. The Balaban J connectivity index is 2.19. The summed E-state index contributed by atoms with van der Waals surface area (Å²) in [5, 5.41) is 2.62. The van der Waals surface area contributed by atoms with Crippen molar-refractivity contribution in [1.82, 2.24) is 9.97 Å². The summed E-state index contributed by atoms with van der Waals surface area (Å²) < 4.78 is 0. The predicted molar refractivity (Wildman–Crippen MR) is 58.8 cm³/mol. The Hall–Kier alpha value is -1.75. The molecule has 2 rings (SSSR count). The maximum Gasteiger partial charge on any atom is 0.190 e. The van der Waals surface area contributed by atoms with E-state index in [0.29, 0.717) is 11.4 Å². The molecule has 0 saturated carbocycles. The fourth-order valence-corrected chi connectivity index (χ4v) is 1.83. The summed E-state index contributed by atoms with van der Waals surface area (Å²) in [7, 11) is 0. The van der Waals surface area contributed by atoms with Crippen molar-refractivity contribution in [2.24, 2.45) is 0 Å². The van der Waals surface area contributed by atoms with Crippen LogP contribution >= 0.6 is 11.3 Å². The van der Waals surface area contributed by atoms with Gasteiger partial charge in [0.15, 0.2) is 5.78 Å². The van der Waals surface area contributed by atoms with E-state index in [0.717, 1.165) is 5.01 Å². The number of Topliss-reactive ketones (excluding diaryl/α,β-unsaturated/α-hetero) is 1. The van der Waals surface area contributed by atoms with Crippen molar-refractivity contribution in [2.75, 3.05) is 5.73 Å². The van der Waals surface area contributed by atoms with Crippen LogP contribution in [0.2, 0.25) is 0 Å². The molecular weight excluding hydrogens is 210 g/mol. The second-order valence-corrected chi connectivity index (χ2v) is 3.95. The number of nitrogens with two attached hydrogens (primary N) is 1. The first-order valence-corrected chi connectivity index (χ1v) is 5.27. The topological polar surface area (TPSA) is 68.9 Å². The van der Waals surface area contributed by atoms with E-state index in [2.05, 4.69) is 9.97 Å². The molecule has 15 heavy (non-hydrogen) atoms. The molecule has 0 aliphatic rings. The average Bonchev–Trinajstić information content (AvgIpc) is 2.71. The number of anilines is 1. The van der Waals surface area contributed by atoms with Crippen LogP contribution in [0.3, 0.4) is 0 Å². The van der Waals surface area contributed by atoms with Crippen molar-refractivity contribution >= 4 is 22.8 Å². The lowest BCUT2D eigenvalue weighted by atomic mass is 10.2. The van der Waals surface area contributed by atoms with Crippen LogP contribution < -0.4 is 5.73 Å². The maximum absolute atomic E-state index is 11.8. The Morgan fingerprint density at radius 3 is 2.93 bits per heavy atom. The SMILES string of the molecule is Nc1cccnc1C(=O)Cc1nccs1. The highest BCUT2D eigenvalue weighted by molar-refractivity contribution is 7.09. The largest absolute Gasteiger partial charge is 0.397 e. The molecule has 0 bridgehead atoms. The lowest BCUT2D eigenvalue weighted by Crippen LogP contribution is -2.08. The van der Waals surface area contributed by atoms with E-state index in [1.54, 1.807) is 24.5 Å². The molecule has 0 fully saturated rings. The van der Waals surface area contributed by atoms with Crippen LogP contribution in [0, 0.1) is 0 Å². The van der Waals surface area contributed by atoms with Crippen LogP contribution in [0.5, 0.6) is 0 Å². The number of ketones is 1. The molecule has 0 aromatic carbocycles. The molecule has 4 nitrogen and oxygen atoms in total. The summed E-state index contributed by atoms with van der Waals surface area (Å²) >= 11 is 1.45. The molecule has 0 amide bonds. The molecule has 76 valence electrons. The fourth-order valence-electron chi connectivity index (χ4n) is 1.21. The number of carbonyl (C=O) groups excluding carboxylic acids is 1. The Kier molecular flexibility index (Phi) is 2.73. The van der Waals surface area contributed by atoms with Gasteiger partial charge in [-0.15, -0.1) is 11.3 Å². The van der Waals surface area contributed by atoms with Gasteiger partial charge in [-0.1, -0.05) is 0 Å². The van der Waals surface area contributed by atoms with Gasteiger partial charge in [0.2, 0.25) is 0 Å². The standard InChI is InChI=1S/C10H9N3OS/c11-7-2-1-3-13-10(7)8(14)6-9-12-4-5-15-9/h1-5H,6,11H2. The minimum atomic E-state index is -0.0944. The normalized spacial score (nSPS) is 10.1. The number of aromatic nitrogens is 2. The summed E-state index contributed by atoms with van der Waals surface area (Å²) in [6, 6.07) is 3.37. The van der Waals surface area contributed by atoms with Crippen molar-refractivity contribution < 1.29 is 4.79 Å². The number of rotatable bonds is 3. The van der Waals surface area contributed by atoms with Gasteiger partial charge in [0.05, 0.1) is 12.1 Å². The third-order valence-corrected chi connectivity index (χ3v) is 2.68. The molecule has 2 aromatic rings. The van der Waals surface area contributed by atoms with E-state index in [4.69, 9.17) is 5.73 Å². The number of pyridine rings is 1. The monoisotopic (exact) mass is 219 g/mol. The first kappa shape index (κ1) is 9.79. The van der Waals surface area contributed by atoms with E-state index in [9.17, 15) is 4.79 Å². The van der Waals surface area contributed by atoms with Crippen molar-refractivity contribution in [3.8, 4) is 0 Å². The quantitative estimate of drug-likeness (QED) is 0.795. The van der Waals surface area contributed by atoms with Gasteiger partial charge in [-0.2, -0.15) is 0 Å². The fraction of sp³-hybridized carbons (Fsp3) is 0.100. The Labute approximate surface area is 90.8 Å². The summed E-state index contributed by atoms with van der Waals surface area (Å²) in [6.45, 7) is 0. The molecule has 2 N–H and O–H groups in total. The van der Waals surface area contributed by atoms with Gasteiger partial charge in [0.1, 0.15) is 10.7 Å². The van der Waals surface area contributed by atoms with E-state index < -0.39 is 0 Å². The Bertz CT molecular complexity index is 467. The zero-order valence-corrected chi connectivity index (χ0v) is 8.70. The van der Waals surface area contributed by atoms with Crippen molar-refractivity contribution in [2.45, 2.75) is 6.42 Å². The third kappa shape index (κ3) is 2.19. The van der Waals surface area contributed by atoms with Crippen molar-refractivity contribution in [1.29, 1.82) is 0 Å². The van der Waals surface area contributed by atoms with Crippen LogP contribution in [0.25, 0.3) is 0 Å². The summed E-state index contributed by atoms with van der Waals surface area (Å²) in [4.78, 5) is 19.8. The zero-order chi connectivity index (χ0) is 10.7. The Morgan fingerprint density at radius 2 is 2.27 bits per heavy atom. The van der Waals surface area contributed by atoms with Crippen LogP contribution in [0.1, 0.15) is 15.5 Å². The molecule has 5 heteroatoms. The summed E-state index contributed by atoms with van der Waals surface area (Å²) in [6.07, 6.45) is 3.50. The number of carbonyl (C=O) groups is 1. The van der Waals surface area contributed by atoms with Crippen molar-refractivity contribution in [3.05, 3.63) is 40.6 Å². The van der Waals surface area contributed by atoms with E-state index >= 15 is 0 Å². The van der Waals surface area contributed by atoms with Gasteiger partial charge in [0, 0.05) is 17.8 Å². The highest BCUT2D eigenvalue weighted by Crippen LogP contribution is 2.12. The second-order valence-electron chi connectivity index (χ2n) is 2.97. The zero-order valence-electron chi connectivity index (χ0n) is 7.88.